The zero-order chi connectivity index (χ0) is 36.0. The number of nitrogens with zero attached hydrogens (tertiary/aromatic N) is 2. The summed E-state index contributed by atoms with van der Waals surface area (Å²) in [5.41, 5.74) is 3.42. The van der Waals surface area contributed by atoms with Crippen LogP contribution in [0.3, 0.4) is 0 Å². The predicted octanol–water partition coefficient (Wildman–Crippen LogP) is 5.38. The Morgan fingerprint density at radius 3 is 1.98 bits per heavy atom. The number of amides is 1. The molecule has 0 saturated heterocycles. The van der Waals surface area contributed by atoms with Gasteiger partial charge in [-0.25, -0.2) is 21.5 Å². The van der Waals surface area contributed by atoms with Crippen LogP contribution in [0.25, 0.3) is 22.3 Å². The number of benzene rings is 3. The number of halogens is 2. The first kappa shape index (κ1) is 37.4. The van der Waals surface area contributed by atoms with E-state index < -0.39 is 52.2 Å². The summed E-state index contributed by atoms with van der Waals surface area (Å²) < 4.78 is 56.6. The van der Waals surface area contributed by atoms with Crippen LogP contribution in [0.1, 0.15) is 60.9 Å². The van der Waals surface area contributed by atoms with Gasteiger partial charge in [0.05, 0.1) is 23.5 Å². The van der Waals surface area contributed by atoms with E-state index in [1.165, 1.54) is 62.6 Å². The fraction of sp³-hybridized carbons (Fsp3) is 0.333. The normalized spacial score (nSPS) is 13.1. The van der Waals surface area contributed by atoms with Gasteiger partial charge >= 0.3 is 5.97 Å². The van der Waals surface area contributed by atoms with Crippen molar-refractivity contribution in [1.82, 2.24) is 14.2 Å². The molecule has 2 atom stereocenters. The molecule has 1 amide bonds. The lowest BCUT2D eigenvalue weighted by Gasteiger charge is -2.20. The number of aromatic nitrogens is 1. The van der Waals surface area contributed by atoms with E-state index in [1.807, 2.05) is 13.8 Å². The fourth-order valence-electron chi connectivity index (χ4n) is 5.81. The largest absolute Gasteiger partial charge is 0.481 e. The van der Waals surface area contributed by atoms with Gasteiger partial charge in [0.2, 0.25) is 10.0 Å². The van der Waals surface area contributed by atoms with Crippen molar-refractivity contribution in [3.05, 3.63) is 101 Å². The molecule has 0 unspecified atom stereocenters. The minimum Gasteiger partial charge on any atom is -0.481 e. The lowest BCUT2D eigenvalue weighted by Crippen LogP contribution is -2.28. The van der Waals surface area contributed by atoms with Crippen LogP contribution in [0.4, 0.5) is 8.78 Å². The maximum Gasteiger partial charge on any atom is 0.305 e. The first-order valence-electron chi connectivity index (χ1n) is 15.8. The summed E-state index contributed by atoms with van der Waals surface area (Å²) in [6.07, 6.45) is -2.77. The number of carboxylic acids is 1. The molecule has 10 nitrogen and oxygen atoms in total. The first-order chi connectivity index (χ1) is 23.1. The van der Waals surface area contributed by atoms with Crippen LogP contribution < -0.4 is 5.32 Å². The number of carbonyl (C=O) groups excluding carboxylic acids is 1. The van der Waals surface area contributed by atoms with Gasteiger partial charge in [-0.15, -0.1) is 0 Å². The minimum atomic E-state index is -3.72. The Balaban J connectivity index is 1.86. The second-order valence-corrected chi connectivity index (χ2v) is 14.5. The third-order valence-corrected chi connectivity index (χ3v) is 9.91. The summed E-state index contributed by atoms with van der Waals surface area (Å²) in [4.78, 5) is 25.4. The van der Waals surface area contributed by atoms with Crippen LogP contribution in [0.15, 0.2) is 77.7 Å². The first-order valence-corrected chi connectivity index (χ1v) is 17.2. The molecular weight excluding hydrogens is 656 g/mol. The number of carbonyl (C=O) groups is 2. The minimum absolute atomic E-state index is 0.0247. The zero-order valence-corrected chi connectivity index (χ0v) is 28.5. The molecule has 4 N–H and O–H groups in total. The second kappa shape index (κ2) is 15.9. The van der Waals surface area contributed by atoms with Crippen LogP contribution in [0, 0.1) is 11.6 Å². The summed E-state index contributed by atoms with van der Waals surface area (Å²) >= 11 is 0. The number of aliphatic hydroxyl groups excluding tert-OH is 2. The molecule has 0 saturated carbocycles. The lowest BCUT2D eigenvalue weighted by atomic mass is 9.92. The topological polar surface area (TPSA) is 149 Å². The number of aliphatic hydroxyl groups is 2. The number of hydrogen-bond acceptors (Lipinski definition) is 6. The highest BCUT2D eigenvalue weighted by molar-refractivity contribution is 7.89. The van der Waals surface area contributed by atoms with Crippen LogP contribution in [0.5, 0.6) is 0 Å². The summed E-state index contributed by atoms with van der Waals surface area (Å²) in [5, 5.41) is 32.9. The SMILES string of the molecule is CC(C)n1c(CC[C@@H](O)C[C@@H](O)CC(=O)O)c(-c2ccc(F)cc2)c(-c2ccc(F)cc2)c1C(=O)NCc1cccc(S(=O)(=O)N(C)C)c1. The Bertz CT molecular complexity index is 1890. The Hall–Kier alpha value is -4.43. The molecule has 4 aromatic rings. The van der Waals surface area contributed by atoms with E-state index in [1.54, 1.807) is 28.8 Å². The number of aliphatic carboxylic acids is 1. The molecule has 0 aliphatic heterocycles. The van der Waals surface area contributed by atoms with Crippen molar-refractivity contribution >= 4 is 21.9 Å². The standard InChI is InChI=1S/C36H41F2N3O7S/c1-22(2)41-31(17-16-28(42)19-29(43)20-32(44)45)33(24-8-12-26(37)13-9-24)34(25-10-14-27(38)15-11-25)35(41)36(46)39-21-23-6-5-7-30(18-23)49(47,48)40(3)4/h5-15,18,22,28-29,42-43H,16-17,19-21H2,1-4H3,(H,39,46)(H,44,45)/t28-,29-/m1/s1. The highest BCUT2D eigenvalue weighted by Gasteiger charge is 2.31. The highest BCUT2D eigenvalue weighted by atomic mass is 32.2. The molecule has 262 valence electrons. The van der Waals surface area contributed by atoms with Gasteiger partial charge in [-0.2, -0.15) is 0 Å². The molecular formula is C36H41F2N3O7S. The van der Waals surface area contributed by atoms with Gasteiger partial charge in [0.25, 0.3) is 5.91 Å². The Labute approximate surface area is 284 Å². The Kier molecular flexibility index (Phi) is 12.1. The van der Waals surface area contributed by atoms with Crippen LogP contribution in [-0.2, 0) is 27.8 Å². The van der Waals surface area contributed by atoms with Gasteiger partial charge in [0.1, 0.15) is 17.3 Å². The number of sulfonamides is 1. The van der Waals surface area contributed by atoms with Crippen LogP contribution >= 0.6 is 0 Å². The number of carboxylic acid groups (broad SMARTS) is 1. The van der Waals surface area contributed by atoms with Gasteiger partial charge in [-0.3, -0.25) is 9.59 Å². The summed E-state index contributed by atoms with van der Waals surface area (Å²) in [5.74, 6) is -2.67. The number of hydrogen-bond donors (Lipinski definition) is 4. The molecule has 0 aliphatic rings. The lowest BCUT2D eigenvalue weighted by molar-refractivity contribution is -0.139. The van der Waals surface area contributed by atoms with E-state index in [0.29, 0.717) is 33.5 Å². The quantitative estimate of drug-likeness (QED) is 0.130. The number of nitrogens with one attached hydrogen (secondary N) is 1. The monoisotopic (exact) mass is 697 g/mol. The second-order valence-electron chi connectivity index (χ2n) is 12.3. The molecule has 0 spiro atoms. The predicted molar refractivity (Wildman–Crippen MR) is 181 cm³/mol. The van der Waals surface area contributed by atoms with Gasteiger partial charge in [0.15, 0.2) is 0 Å². The van der Waals surface area contributed by atoms with Crippen LogP contribution in [-0.4, -0.2) is 70.8 Å². The average molecular weight is 698 g/mol. The zero-order valence-electron chi connectivity index (χ0n) is 27.7. The highest BCUT2D eigenvalue weighted by Crippen LogP contribution is 2.42. The van der Waals surface area contributed by atoms with Gasteiger partial charge < -0.3 is 25.2 Å². The molecule has 0 radical (unpaired) electrons. The molecule has 49 heavy (non-hydrogen) atoms. The molecule has 0 aliphatic carbocycles. The molecule has 3 aromatic carbocycles. The third kappa shape index (κ3) is 8.98. The summed E-state index contributed by atoms with van der Waals surface area (Å²) in [6.45, 7) is 3.71. The maximum absolute atomic E-state index is 14.3. The van der Waals surface area contributed by atoms with E-state index >= 15 is 0 Å². The van der Waals surface area contributed by atoms with Gasteiger partial charge in [-0.05, 0) is 86.2 Å². The van der Waals surface area contributed by atoms with Crippen LogP contribution in [0.2, 0.25) is 0 Å². The van der Waals surface area contributed by atoms with Crippen molar-refractivity contribution in [1.29, 1.82) is 0 Å². The maximum atomic E-state index is 14.3. The summed E-state index contributed by atoms with van der Waals surface area (Å²) in [7, 11) is -0.874. The van der Waals surface area contributed by atoms with Gasteiger partial charge in [-0.1, -0.05) is 36.4 Å². The molecule has 4 rings (SSSR count). The van der Waals surface area contributed by atoms with Crippen molar-refractivity contribution in [3.63, 3.8) is 0 Å². The van der Waals surface area contributed by atoms with E-state index in [9.17, 15) is 37.0 Å². The van der Waals surface area contributed by atoms with Crippen molar-refractivity contribution < 1.29 is 42.1 Å². The van der Waals surface area contributed by atoms with Crippen molar-refractivity contribution in [2.45, 2.75) is 69.2 Å². The summed E-state index contributed by atoms with van der Waals surface area (Å²) in [6, 6.07) is 17.2. The van der Waals surface area contributed by atoms with E-state index in [-0.39, 0.29) is 42.4 Å². The Morgan fingerprint density at radius 1 is 0.878 bits per heavy atom. The fourth-order valence-corrected chi connectivity index (χ4v) is 6.79. The van der Waals surface area contributed by atoms with E-state index in [0.717, 1.165) is 4.31 Å². The van der Waals surface area contributed by atoms with Crippen molar-refractivity contribution in [2.24, 2.45) is 0 Å². The van der Waals surface area contributed by atoms with Gasteiger partial charge in [0, 0.05) is 43.5 Å². The number of rotatable bonds is 15. The smallest absolute Gasteiger partial charge is 0.305 e. The van der Waals surface area contributed by atoms with E-state index in [2.05, 4.69) is 5.32 Å². The average Bonchev–Trinajstić information content (AvgIpc) is 3.38. The Morgan fingerprint density at radius 2 is 1.45 bits per heavy atom. The van der Waals surface area contributed by atoms with Crippen molar-refractivity contribution in [2.75, 3.05) is 14.1 Å². The molecule has 1 aromatic heterocycles. The molecule has 0 fully saturated rings. The molecule has 13 heteroatoms. The molecule has 1 heterocycles. The van der Waals surface area contributed by atoms with E-state index in [4.69, 9.17) is 5.11 Å². The third-order valence-electron chi connectivity index (χ3n) is 8.10. The molecule has 0 bridgehead atoms. The van der Waals surface area contributed by atoms with Crippen molar-refractivity contribution in [3.8, 4) is 22.3 Å².